The maximum atomic E-state index is 13.2. The first-order chi connectivity index (χ1) is 16.7. The number of ether oxygens (including phenoxy) is 4. The number of amides is 1. The third-order valence-corrected chi connectivity index (χ3v) is 5.73. The number of Topliss-reactive ketones (excluding diaryl/α,β-unsaturated/α-hetero) is 1. The number of rotatable bonds is 7. The van der Waals surface area contributed by atoms with Crippen LogP contribution in [0.15, 0.2) is 42.0 Å². The summed E-state index contributed by atoms with van der Waals surface area (Å²) in [5, 5.41) is 11.2. The predicted octanol–water partition coefficient (Wildman–Crippen LogP) is 2.33. The molecule has 10 heteroatoms. The van der Waals surface area contributed by atoms with Crippen LogP contribution in [0.2, 0.25) is 0 Å². The molecule has 35 heavy (non-hydrogen) atoms. The predicted molar refractivity (Wildman–Crippen MR) is 124 cm³/mol. The molecular weight excluding hydrogens is 456 g/mol. The van der Waals surface area contributed by atoms with Gasteiger partial charge in [-0.3, -0.25) is 14.4 Å². The van der Waals surface area contributed by atoms with Gasteiger partial charge in [-0.1, -0.05) is 6.07 Å². The highest BCUT2D eigenvalue weighted by Crippen LogP contribution is 2.43. The summed E-state index contributed by atoms with van der Waals surface area (Å²) < 4.78 is 21.3. The molecule has 1 fully saturated rings. The van der Waals surface area contributed by atoms with Crippen molar-refractivity contribution in [2.75, 3.05) is 41.1 Å². The number of ketones is 1. The van der Waals surface area contributed by atoms with E-state index in [1.54, 1.807) is 30.3 Å². The number of benzene rings is 2. The molecule has 2 aliphatic heterocycles. The fourth-order valence-electron chi connectivity index (χ4n) is 4.06. The summed E-state index contributed by atoms with van der Waals surface area (Å²) in [6, 6.07) is 8.64. The Kier molecular flexibility index (Phi) is 6.65. The molecule has 2 aromatic rings. The van der Waals surface area contributed by atoms with E-state index in [4.69, 9.17) is 18.9 Å². The largest absolute Gasteiger partial charge is 0.507 e. The van der Waals surface area contributed by atoms with Gasteiger partial charge in [0.1, 0.15) is 5.76 Å². The number of hydrogen-bond donors (Lipinski definition) is 1. The van der Waals surface area contributed by atoms with Crippen molar-refractivity contribution in [3.8, 4) is 23.0 Å². The zero-order valence-electron chi connectivity index (χ0n) is 19.9. The van der Waals surface area contributed by atoms with E-state index >= 15 is 0 Å². The number of aliphatic hydroxyl groups is 1. The van der Waals surface area contributed by atoms with Gasteiger partial charge in [0.15, 0.2) is 23.0 Å². The monoisotopic (exact) mass is 482 g/mol. The first-order valence-electron chi connectivity index (χ1n) is 10.9. The first kappa shape index (κ1) is 24.1. The fourth-order valence-corrected chi connectivity index (χ4v) is 4.06. The second-order valence-electron chi connectivity index (χ2n) is 8.37. The highest BCUT2D eigenvalue weighted by atomic mass is 16.7. The van der Waals surface area contributed by atoms with Crippen LogP contribution in [0.5, 0.6) is 23.0 Å². The minimum absolute atomic E-state index is 0.0548. The van der Waals surface area contributed by atoms with Crippen LogP contribution in [0.3, 0.4) is 0 Å². The summed E-state index contributed by atoms with van der Waals surface area (Å²) in [4.78, 5) is 41.2. The lowest BCUT2D eigenvalue weighted by Crippen LogP contribution is -2.35. The number of carbonyl (C=O) groups is 3. The molecule has 1 atom stereocenters. The molecule has 1 amide bonds. The Hall–Kier alpha value is -4.05. The number of carbonyl (C=O) groups excluding carboxylic acids is 3. The number of esters is 1. The lowest BCUT2D eigenvalue weighted by atomic mass is 9.95. The summed E-state index contributed by atoms with van der Waals surface area (Å²) >= 11 is 0. The van der Waals surface area contributed by atoms with Gasteiger partial charge < -0.3 is 33.9 Å². The summed E-state index contributed by atoms with van der Waals surface area (Å²) in [5.41, 5.74) is 0.701. The van der Waals surface area contributed by atoms with E-state index in [1.165, 1.54) is 25.0 Å². The number of likely N-dealkylation sites (N-methyl/N-ethyl adjacent to an activating group) is 1. The minimum Gasteiger partial charge on any atom is -0.507 e. The van der Waals surface area contributed by atoms with E-state index in [1.807, 2.05) is 19.0 Å². The molecule has 0 spiro atoms. The Morgan fingerprint density at radius 2 is 1.86 bits per heavy atom. The van der Waals surface area contributed by atoms with E-state index in [0.29, 0.717) is 34.9 Å². The van der Waals surface area contributed by atoms with Crippen molar-refractivity contribution >= 4 is 23.4 Å². The van der Waals surface area contributed by atoms with Crippen LogP contribution in [-0.4, -0.2) is 73.7 Å². The van der Waals surface area contributed by atoms with Crippen LogP contribution < -0.4 is 18.9 Å². The number of aliphatic hydroxyl groups excluding tert-OH is 1. The molecule has 184 valence electrons. The van der Waals surface area contributed by atoms with Crippen molar-refractivity contribution in [2.45, 2.75) is 13.0 Å². The fraction of sp³-hybridized carbons (Fsp3) is 0.320. The van der Waals surface area contributed by atoms with Crippen molar-refractivity contribution in [3.05, 3.63) is 53.1 Å². The van der Waals surface area contributed by atoms with Crippen LogP contribution in [0.25, 0.3) is 5.76 Å². The van der Waals surface area contributed by atoms with Crippen LogP contribution in [0.1, 0.15) is 24.1 Å². The summed E-state index contributed by atoms with van der Waals surface area (Å²) in [6.45, 7) is 2.03. The van der Waals surface area contributed by atoms with Crippen LogP contribution >= 0.6 is 0 Å². The van der Waals surface area contributed by atoms with Gasteiger partial charge in [0.2, 0.25) is 6.79 Å². The minimum atomic E-state index is -0.916. The Balaban J connectivity index is 1.86. The lowest BCUT2D eigenvalue weighted by molar-refractivity contribution is -0.140. The van der Waals surface area contributed by atoms with E-state index in [0.717, 1.165) is 0 Å². The van der Waals surface area contributed by atoms with Crippen molar-refractivity contribution < 1.29 is 38.4 Å². The van der Waals surface area contributed by atoms with Crippen LogP contribution in [0, 0.1) is 0 Å². The number of fused-ring (bicyclic) bond motifs is 1. The molecule has 10 nitrogen and oxygen atoms in total. The van der Waals surface area contributed by atoms with Gasteiger partial charge in [-0.15, -0.1) is 0 Å². The zero-order chi connectivity index (χ0) is 25.3. The molecule has 1 unspecified atom stereocenters. The molecule has 2 aromatic carbocycles. The molecular formula is C25H26N2O8. The van der Waals surface area contributed by atoms with Crippen LogP contribution in [-0.2, 0) is 14.4 Å². The molecule has 0 saturated carbocycles. The summed E-state index contributed by atoms with van der Waals surface area (Å²) in [6.07, 6.45) is 0. The van der Waals surface area contributed by atoms with E-state index < -0.39 is 23.7 Å². The van der Waals surface area contributed by atoms with Crippen molar-refractivity contribution in [1.29, 1.82) is 0 Å². The molecule has 0 bridgehead atoms. The average Bonchev–Trinajstić information content (AvgIpc) is 3.39. The second-order valence-corrected chi connectivity index (χ2v) is 8.37. The van der Waals surface area contributed by atoms with Gasteiger partial charge >= 0.3 is 5.97 Å². The smallest absolute Gasteiger partial charge is 0.308 e. The number of likely N-dealkylation sites (tertiary alicyclic amines) is 1. The highest BCUT2D eigenvalue weighted by molar-refractivity contribution is 6.46. The van der Waals surface area contributed by atoms with Gasteiger partial charge in [-0.05, 0) is 50.0 Å². The SMILES string of the molecule is COc1ccc(C2/C(=C(\O)c3ccc4c(c3)OCO4)C(=O)C(=O)N2CCN(C)C)cc1OC(C)=O. The standard InChI is InChI=1S/C25H26N2O8/c1-14(28)35-20-11-15(5-7-17(20)32-4)22-21(24(30)25(31)27(22)10-9-26(2)3)23(29)16-6-8-18-19(12-16)34-13-33-18/h5-8,11-12,22,29H,9-10,13H2,1-4H3/b23-21+. The van der Waals surface area contributed by atoms with Crippen molar-refractivity contribution in [1.82, 2.24) is 9.80 Å². The number of nitrogens with zero attached hydrogens (tertiary/aromatic N) is 2. The van der Waals surface area contributed by atoms with Gasteiger partial charge in [0, 0.05) is 25.6 Å². The Morgan fingerprint density at radius 1 is 1.11 bits per heavy atom. The highest BCUT2D eigenvalue weighted by Gasteiger charge is 2.46. The van der Waals surface area contributed by atoms with Gasteiger partial charge in [0.25, 0.3) is 11.7 Å². The maximum Gasteiger partial charge on any atom is 0.308 e. The Labute approximate surface area is 202 Å². The zero-order valence-corrected chi connectivity index (χ0v) is 19.9. The topological polar surface area (TPSA) is 115 Å². The lowest BCUT2D eigenvalue weighted by Gasteiger charge is -2.27. The maximum absolute atomic E-state index is 13.2. The second kappa shape index (κ2) is 9.67. The third kappa shape index (κ3) is 4.65. The summed E-state index contributed by atoms with van der Waals surface area (Å²) in [5.74, 6) is -1.05. The molecule has 4 rings (SSSR count). The van der Waals surface area contributed by atoms with Gasteiger partial charge in [0.05, 0.1) is 18.7 Å². The Bertz CT molecular complexity index is 1220. The average molecular weight is 482 g/mol. The van der Waals surface area contributed by atoms with E-state index in [-0.39, 0.29) is 30.4 Å². The summed E-state index contributed by atoms with van der Waals surface area (Å²) in [7, 11) is 5.14. The molecule has 0 radical (unpaired) electrons. The quantitative estimate of drug-likeness (QED) is 0.209. The molecule has 1 saturated heterocycles. The molecule has 2 heterocycles. The van der Waals surface area contributed by atoms with Gasteiger partial charge in [-0.25, -0.2) is 0 Å². The van der Waals surface area contributed by atoms with Gasteiger partial charge in [-0.2, -0.15) is 0 Å². The van der Waals surface area contributed by atoms with E-state index in [9.17, 15) is 19.5 Å². The first-order valence-corrected chi connectivity index (χ1v) is 10.9. The molecule has 2 aliphatic rings. The third-order valence-electron chi connectivity index (χ3n) is 5.73. The van der Waals surface area contributed by atoms with Crippen LogP contribution in [0.4, 0.5) is 0 Å². The van der Waals surface area contributed by atoms with Crippen molar-refractivity contribution in [2.24, 2.45) is 0 Å². The number of methoxy groups -OCH3 is 1. The van der Waals surface area contributed by atoms with Crippen molar-refractivity contribution in [3.63, 3.8) is 0 Å². The number of hydrogen-bond acceptors (Lipinski definition) is 9. The normalized spacial score (nSPS) is 18.3. The molecule has 0 aromatic heterocycles. The Morgan fingerprint density at radius 3 is 2.54 bits per heavy atom. The van der Waals surface area contributed by atoms with E-state index in [2.05, 4.69) is 0 Å². The molecule has 0 aliphatic carbocycles. The molecule has 1 N–H and O–H groups in total.